The summed E-state index contributed by atoms with van der Waals surface area (Å²) in [6.45, 7) is 4.89. The van der Waals surface area contributed by atoms with Crippen molar-refractivity contribution in [3.05, 3.63) is 53.0 Å². The van der Waals surface area contributed by atoms with E-state index in [-0.39, 0.29) is 5.82 Å². The molecule has 0 saturated carbocycles. The van der Waals surface area contributed by atoms with Crippen molar-refractivity contribution in [3.63, 3.8) is 0 Å². The van der Waals surface area contributed by atoms with E-state index in [2.05, 4.69) is 16.8 Å². The van der Waals surface area contributed by atoms with Crippen LogP contribution in [0.4, 0.5) is 4.39 Å². The molecule has 1 aromatic heterocycles. The highest BCUT2D eigenvalue weighted by Gasteiger charge is 2.24. The molecular formula is C21H21FN2O2. The molecular weight excluding hydrogens is 331 g/mol. The summed E-state index contributed by atoms with van der Waals surface area (Å²) in [5.74, 6) is 0.333. The second-order valence-corrected chi connectivity index (χ2v) is 6.63. The molecule has 0 fully saturated rings. The topological polar surface area (TPSA) is 45.3 Å². The monoisotopic (exact) mass is 352 g/mol. The zero-order valence-electron chi connectivity index (χ0n) is 14.9. The van der Waals surface area contributed by atoms with E-state index in [1.165, 1.54) is 23.3 Å². The highest BCUT2D eigenvalue weighted by molar-refractivity contribution is 6.02. The van der Waals surface area contributed by atoms with Gasteiger partial charge in [0.25, 0.3) is 0 Å². The standard InChI is InChI=1S/C21H21FN2O2/c1-3-24-7-6-15-17(18-8-14(22)4-5-20(18)26-2)9-16-13(12-25)10-23-21(16)19(15)11-24/h4-5,8-10,12,23H,3,6-7,11H2,1-2H3. The molecule has 0 radical (unpaired) electrons. The van der Waals surface area contributed by atoms with Crippen LogP contribution in [0.3, 0.4) is 0 Å². The number of likely N-dealkylation sites (N-methyl/N-ethyl adjacent to an activating group) is 1. The van der Waals surface area contributed by atoms with Gasteiger partial charge < -0.3 is 9.72 Å². The number of carbonyl (C=O) groups is 1. The number of methoxy groups -OCH3 is 1. The lowest BCUT2D eigenvalue weighted by Crippen LogP contribution is -2.30. The number of aromatic amines is 1. The second kappa shape index (κ2) is 6.57. The van der Waals surface area contributed by atoms with Crippen molar-refractivity contribution in [3.8, 4) is 16.9 Å². The number of hydrogen-bond acceptors (Lipinski definition) is 3. The fourth-order valence-corrected chi connectivity index (χ4v) is 3.93. The number of nitrogens with one attached hydrogen (secondary N) is 1. The van der Waals surface area contributed by atoms with Crippen molar-refractivity contribution < 1.29 is 13.9 Å². The summed E-state index contributed by atoms with van der Waals surface area (Å²) in [4.78, 5) is 17.1. The van der Waals surface area contributed by atoms with Crippen LogP contribution >= 0.6 is 0 Å². The molecule has 1 aliphatic heterocycles. The molecule has 0 unspecified atom stereocenters. The molecule has 0 atom stereocenters. The molecule has 0 amide bonds. The minimum absolute atomic E-state index is 0.301. The molecule has 4 nitrogen and oxygen atoms in total. The molecule has 5 heteroatoms. The third-order valence-electron chi connectivity index (χ3n) is 5.32. The minimum Gasteiger partial charge on any atom is -0.496 e. The number of aromatic nitrogens is 1. The molecule has 0 spiro atoms. The van der Waals surface area contributed by atoms with Gasteiger partial charge in [0.1, 0.15) is 11.6 Å². The number of H-pyrrole nitrogens is 1. The molecule has 1 N–H and O–H groups in total. The summed E-state index contributed by atoms with van der Waals surface area (Å²) in [5, 5.41) is 0.873. The second-order valence-electron chi connectivity index (χ2n) is 6.63. The van der Waals surface area contributed by atoms with Crippen molar-refractivity contribution in [1.82, 2.24) is 9.88 Å². The minimum atomic E-state index is -0.301. The first-order valence-electron chi connectivity index (χ1n) is 8.83. The quantitative estimate of drug-likeness (QED) is 0.717. The van der Waals surface area contributed by atoms with Crippen LogP contribution < -0.4 is 4.74 Å². The van der Waals surface area contributed by atoms with Crippen molar-refractivity contribution in [2.45, 2.75) is 19.9 Å². The fraction of sp³-hybridized carbons (Fsp3) is 0.286. The van der Waals surface area contributed by atoms with E-state index < -0.39 is 0 Å². The maximum Gasteiger partial charge on any atom is 0.152 e. The Labute approximate surface area is 151 Å². The lowest BCUT2D eigenvalue weighted by atomic mass is 9.88. The number of rotatable bonds is 4. The number of benzene rings is 2. The number of halogens is 1. The van der Waals surface area contributed by atoms with Gasteiger partial charge in [-0.3, -0.25) is 9.69 Å². The molecule has 1 aliphatic rings. The van der Waals surface area contributed by atoms with Crippen LogP contribution in [0.2, 0.25) is 0 Å². The first-order valence-corrected chi connectivity index (χ1v) is 8.83. The van der Waals surface area contributed by atoms with Gasteiger partial charge in [-0.05, 0) is 53.9 Å². The zero-order chi connectivity index (χ0) is 18.3. The smallest absolute Gasteiger partial charge is 0.152 e. The van der Waals surface area contributed by atoms with Crippen LogP contribution in [0.25, 0.3) is 22.0 Å². The van der Waals surface area contributed by atoms with E-state index in [4.69, 9.17) is 4.74 Å². The summed E-state index contributed by atoms with van der Waals surface area (Å²) in [5.41, 5.74) is 5.68. The lowest BCUT2D eigenvalue weighted by Gasteiger charge is -2.30. The zero-order valence-corrected chi connectivity index (χ0v) is 14.9. The Kier molecular flexibility index (Phi) is 4.24. The summed E-state index contributed by atoms with van der Waals surface area (Å²) in [6, 6.07) is 6.56. The third kappa shape index (κ3) is 2.59. The van der Waals surface area contributed by atoms with Crippen LogP contribution in [0.5, 0.6) is 5.75 Å². The molecule has 4 rings (SSSR count). The number of nitrogens with zero attached hydrogens (tertiary/aromatic N) is 1. The SMILES string of the molecule is CCN1CCc2c(-c3cc(F)ccc3OC)cc3c(C=O)c[nH]c3c2C1. The molecule has 134 valence electrons. The summed E-state index contributed by atoms with van der Waals surface area (Å²) < 4.78 is 19.5. The Hall–Kier alpha value is -2.66. The average molecular weight is 352 g/mol. The number of ether oxygens (including phenoxy) is 1. The summed E-state index contributed by atoms with van der Waals surface area (Å²) >= 11 is 0. The van der Waals surface area contributed by atoms with Crippen molar-refractivity contribution in [2.75, 3.05) is 20.2 Å². The van der Waals surface area contributed by atoms with E-state index in [0.29, 0.717) is 11.3 Å². The van der Waals surface area contributed by atoms with Gasteiger partial charge in [-0.1, -0.05) is 6.92 Å². The number of fused-ring (bicyclic) bond motifs is 3. The number of aldehydes is 1. The maximum atomic E-state index is 14.0. The summed E-state index contributed by atoms with van der Waals surface area (Å²) in [7, 11) is 1.59. The van der Waals surface area contributed by atoms with E-state index >= 15 is 0 Å². The lowest BCUT2D eigenvalue weighted by molar-refractivity contribution is 0.112. The van der Waals surface area contributed by atoms with E-state index in [1.54, 1.807) is 19.4 Å². The third-order valence-corrected chi connectivity index (χ3v) is 5.32. The average Bonchev–Trinajstić information content (AvgIpc) is 3.10. The Morgan fingerprint density at radius 1 is 1.27 bits per heavy atom. The van der Waals surface area contributed by atoms with Gasteiger partial charge in [0.15, 0.2) is 6.29 Å². The molecule has 0 bridgehead atoms. The largest absolute Gasteiger partial charge is 0.496 e. The fourth-order valence-electron chi connectivity index (χ4n) is 3.93. The van der Waals surface area contributed by atoms with Gasteiger partial charge in [-0.15, -0.1) is 0 Å². The van der Waals surface area contributed by atoms with Crippen molar-refractivity contribution in [1.29, 1.82) is 0 Å². The van der Waals surface area contributed by atoms with Crippen molar-refractivity contribution >= 4 is 17.2 Å². The summed E-state index contributed by atoms with van der Waals surface area (Å²) in [6.07, 6.45) is 3.48. The van der Waals surface area contributed by atoms with Gasteiger partial charge in [0.05, 0.1) is 12.6 Å². The van der Waals surface area contributed by atoms with Gasteiger partial charge in [-0.25, -0.2) is 4.39 Å². The van der Waals surface area contributed by atoms with Crippen LogP contribution in [0.15, 0.2) is 30.5 Å². The Bertz CT molecular complexity index is 993. The predicted octanol–water partition coefficient (Wildman–Crippen LogP) is 4.17. The van der Waals surface area contributed by atoms with Gasteiger partial charge >= 0.3 is 0 Å². The molecule has 2 heterocycles. The Balaban J connectivity index is 2.04. The number of carbonyl (C=O) groups excluding carboxylic acids is 1. The molecule has 3 aromatic rings. The van der Waals surface area contributed by atoms with Crippen molar-refractivity contribution in [2.24, 2.45) is 0 Å². The van der Waals surface area contributed by atoms with Crippen LogP contribution in [0, 0.1) is 5.82 Å². The maximum absolute atomic E-state index is 14.0. The first-order chi connectivity index (χ1) is 12.7. The highest BCUT2D eigenvalue weighted by Crippen LogP contribution is 2.40. The Morgan fingerprint density at radius 2 is 2.12 bits per heavy atom. The van der Waals surface area contributed by atoms with Crippen LogP contribution in [0.1, 0.15) is 28.4 Å². The molecule has 2 aromatic carbocycles. The molecule has 0 saturated heterocycles. The van der Waals surface area contributed by atoms with E-state index in [9.17, 15) is 9.18 Å². The molecule has 26 heavy (non-hydrogen) atoms. The Morgan fingerprint density at radius 3 is 2.85 bits per heavy atom. The first kappa shape index (κ1) is 16.8. The van der Waals surface area contributed by atoms with Crippen LogP contribution in [-0.2, 0) is 13.0 Å². The molecule has 0 aliphatic carbocycles. The van der Waals surface area contributed by atoms with Gasteiger partial charge in [0.2, 0.25) is 0 Å². The van der Waals surface area contributed by atoms with E-state index in [0.717, 1.165) is 54.4 Å². The van der Waals surface area contributed by atoms with Gasteiger partial charge in [-0.2, -0.15) is 0 Å². The highest BCUT2D eigenvalue weighted by atomic mass is 19.1. The van der Waals surface area contributed by atoms with Crippen LogP contribution in [-0.4, -0.2) is 36.4 Å². The number of hydrogen-bond donors (Lipinski definition) is 1. The van der Waals surface area contributed by atoms with E-state index in [1.807, 2.05) is 6.07 Å². The predicted molar refractivity (Wildman–Crippen MR) is 100 cm³/mol. The van der Waals surface area contributed by atoms with Gasteiger partial charge in [0, 0.05) is 35.8 Å². The normalized spacial score (nSPS) is 14.4.